The molecule has 6 nitrogen and oxygen atoms in total. The van der Waals surface area contributed by atoms with E-state index in [0.29, 0.717) is 45.6 Å². The molecule has 0 radical (unpaired) electrons. The van der Waals surface area contributed by atoms with Crippen LogP contribution in [0.25, 0.3) is 0 Å². The van der Waals surface area contributed by atoms with E-state index in [1.54, 1.807) is 11.1 Å². The maximum atomic E-state index is 12.3. The van der Waals surface area contributed by atoms with E-state index in [1.807, 2.05) is 5.38 Å². The quantitative estimate of drug-likeness (QED) is 0.898. The lowest BCUT2D eigenvalue weighted by atomic mass is 9.74. The number of aromatic nitrogens is 1. The third-order valence-corrected chi connectivity index (χ3v) is 5.36. The summed E-state index contributed by atoms with van der Waals surface area (Å²) in [5.41, 5.74) is -0.810. The van der Waals surface area contributed by atoms with Crippen LogP contribution < -0.4 is 0 Å². The monoisotopic (exact) mass is 310 g/mol. The summed E-state index contributed by atoms with van der Waals surface area (Å²) in [7, 11) is 0. The van der Waals surface area contributed by atoms with E-state index in [2.05, 4.69) is 4.98 Å². The number of hydrogen-bond acceptors (Lipinski definition) is 5. The van der Waals surface area contributed by atoms with Crippen molar-refractivity contribution >= 4 is 23.2 Å². The van der Waals surface area contributed by atoms with Gasteiger partial charge in [0.2, 0.25) is 5.91 Å². The normalized spacial score (nSPS) is 28.4. The molecule has 2 fully saturated rings. The summed E-state index contributed by atoms with van der Waals surface area (Å²) in [5, 5.41) is 12.4. The van der Waals surface area contributed by atoms with Gasteiger partial charge in [0, 0.05) is 50.0 Å². The summed E-state index contributed by atoms with van der Waals surface area (Å²) in [5.74, 6) is -0.876. The molecule has 3 heterocycles. The zero-order valence-electron chi connectivity index (χ0n) is 11.7. The highest BCUT2D eigenvalue weighted by atomic mass is 32.1. The van der Waals surface area contributed by atoms with Crippen LogP contribution in [0.5, 0.6) is 0 Å². The summed E-state index contributed by atoms with van der Waals surface area (Å²) >= 11 is 1.54. The number of aliphatic carboxylic acids is 1. The predicted molar refractivity (Wildman–Crippen MR) is 76.0 cm³/mol. The number of carbonyl (C=O) groups excluding carboxylic acids is 1. The number of hydrogen-bond donors (Lipinski definition) is 1. The zero-order valence-corrected chi connectivity index (χ0v) is 12.5. The van der Waals surface area contributed by atoms with Gasteiger partial charge in [-0.2, -0.15) is 0 Å². The molecule has 3 rings (SSSR count). The van der Waals surface area contributed by atoms with E-state index in [4.69, 9.17) is 4.74 Å². The largest absolute Gasteiger partial charge is 0.481 e. The Labute approximate surface area is 126 Å². The molecule has 1 aromatic heterocycles. The third-order valence-electron chi connectivity index (χ3n) is 4.52. The second kappa shape index (κ2) is 5.73. The van der Waals surface area contributed by atoms with Crippen LogP contribution in [-0.4, -0.2) is 53.2 Å². The molecule has 2 atom stereocenters. The molecule has 2 aliphatic rings. The average molecular weight is 310 g/mol. The van der Waals surface area contributed by atoms with Crippen LogP contribution in [0.4, 0.5) is 0 Å². The lowest BCUT2D eigenvalue weighted by molar-refractivity contribution is -0.157. The average Bonchev–Trinajstić information content (AvgIpc) is 3.12. The van der Waals surface area contributed by atoms with Crippen molar-refractivity contribution in [3.05, 3.63) is 16.6 Å². The van der Waals surface area contributed by atoms with Crippen LogP contribution in [0.1, 0.15) is 17.8 Å². The van der Waals surface area contributed by atoms with Crippen molar-refractivity contribution in [3.63, 3.8) is 0 Å². The molecule has 114 valence electrons. The van der Waals surface area contributed by atoms with E-state index in [0.717, 1.165) is 5.01 Å². The summed E-state index contributed by atoms with van der Waals surface area (Å²) in [6.07, 6.45) is 3.22. The van der Waals surface area contributed by atoms with E-state index < -0.39 is 11.4 Å². The van der Waals surface area contributed by atoms with Crippen LogP contribution >= 0.6 is 11.3 Å². The maximum absolute atomic E-state index is 12.3. The van der Waals surface area contributed by atoms with Crippen LogP contribution in [0.3, 0.4) is 0 Å². The minimum absolute atomic E-state index is 0.0141. The van der Waals surface area contributed by atoms with Crippen molar-refractivity contribution in [2.45, 2.75) is 19.3 Å². The molecule has 0 bridgehead atoms. The van der Waals surface area contributed by atoms with Crippen LogP contribution in [0, 0.1) is 11.3 Å². The van der Waals surface area contributed by atoms with Gasteiger partial charge in [0.25, 0.3) is 0 Å². The molecule has 0 unspecified atom stereocenters. The van der Waals surface area contributed by atoms with Gasteiger partial charge in [0.15, 0.2) is 0 Å². The number of carbonyl (C=O) groups is 2. The Balaban J connectivity index is 1.64. The lowest BCUT2D eigenvalue weighted by Crippen LogP contribution is -2.45. The molecule has 1 aromatic rings. The topological polar surface area (TPSA) is 79.7 Å². The Morgan fingerprint density at radius 1 is 1.57 bits per heavy atom. The lowest BCUT2D eigenvalue weighted by Gasteiger charge is -2.33. The van der Waals surface area contributed by atoms with Gasteiger partial charge in [-0.15, -0.1) is 11.3 Å². The van der Waals surface area contributed by atoms with Crippen molar-refractivity contribution in [2.24, 2.45) is 11.3 Å². The fourth-order valence-electron chi connectivity index (χ4n) is 3.24. The van der Waals surface area contributed by atoms with Gasteiger partial charge < -0.3 is 14.7 Å². The molecule has 2 aliphatic heterocycles. The first kappa shape index (κ1) is 14.5. The highest BCUT2D eigenvalue weighted by molar-refractivity contribution is 7.09. The van der Waals surface area contributed by atoms with Gasteiger partial charge in [-0.3, -0.25) is 9.59 Å². The number of nitrogens with zero attached hydrogens (tertiary/aromatic N) is 2. The minimum atomic E-state index is -0.810. The zero-order chi connectivity index (χ0) is 14.9. The third kappa shape index (κ3) is 2.67. The van der Waals surface area contributed by atoms with Crippen molar-refractivity contribution in [2.75, 3.05) is 26.3 Å². The summed E-state index contributed by atoms with van der Waals surface area (Å²) in [6, 6.07) is 0. The Hall–Kier alpha value is -1.47. The number of carboxylic acid groups (broad SMARTS) is 1. The van der Waals surface area contributed by atoms with E-state index in [1.165, 1.54) is 11.3 Å². The Bertz CT molecular complexity index is 533. The molecule has 1 amide bonds. The molecule has 21 heavy (non-hydrogen) atoms. The van der Waals surface area contributed by atoms with Gasteiger partial charge in [-0.1, -0.05) is 0 Å². The van der Waals surface area contributed by atoms with Crippen molar-refractivity contribution in [3.8, 4) is 0 Å². The van der Waals surface area contributed by atoms with Crippen LogP contribution in [0.2, 0.25) is 0 Å². The van der Waals surface area contributed by atoms with E-state index in [9.17, 15) is 14.7 Å². The minimum Gasteiger partial charge on any atom is -0.481 e. The van der Waals surface area contributed by atoms with E-state index >= 15 is 0 Å². The Morgan fingerprint density at radius 3 is 3.10 bits per heavy atom. The number of carboxylic acids is 1. The SMILES string of the molecule is O=C(CCc1nccs1)N1C[C@H]2COCC[C@@]2(C(=O)O)C1. The number of ether oxygens (including phenoxy) is 1. The second-order valence-electron chi connectivity index (χ2n) is 5.68. The molecular formula is C14H18N2O4S. The molecule has 0 aliphatic carbocycles. The van der Waals surface area contributed by atoms with Crippen LogP contribution in [-0.2, 0) is 20.7 Å². The standard InChI is InChI=1S/C14H18N2O4S/c17-12(2-1-11-15-4-6-21-11)16-7-10-8-20-5-3-14(10,9-16)13(18)19/h4,6,10H,1-3,5,7-9H2,(H,18,19)/t10-,14+/m0/s1. The predicted octanol–water partition coefficient (Wildman–Crippen LogP) is 1.03. The Morgan fingerprint density at radius 2 is 2.43 bits per heavy atom. The summed E-state index contributed by atoms with van der Waals surface area (Å²) in [6.45, 7) is 1.70. The first-order valence-corrected chi connectivity index (χ1v) is 7.97. The number of aryl methyl sites for hydroxylation is 1. The molecule has 2 saturated heterocycles. The number of amides is 1. The van der Waals surface area contributed by atoms with Gasteiger partial charge in [-0.05, 0) is 6.42 Å². The molecule has 7 heteroatoms. The number of likely N-dealkylation sites (tertiary alicyclic amines) is 1. The van der Waals surface area contributed by atoms with Crippen molar-refractivity contribution in [1.82, 2.24) is 9.88 Å². The number of thiazole rings is 1. The van der Waals surface area contributed by atoms with Crippen molar-refractivity contribution < 1.29 is 19.4 Å². The summed E-state index contributed by atoms with van der Waals surface area (Å²) < 4.78 is 5.40. The van der Waals surface area contributed by atoms with E-state index in [-0.39, 0.29) is 11.8 Å². The van der Waals surface area contributed by atoms with Gasteiger partial charge in [0.05, 0.1) is 17.0 Å². The van der Waals surface area contributed by atoms with Gasteiger partial charge >= 0.3 is 5.97 Å². The maximum Gasteiger partial charge on any atom is 0.311 e. The summed E-state index contributed by atoms with van der Waals surface area (Å²) in [4.78, 5) is 29.8. The molecule has 0 saturated carbocycles. The molecule has 0 aromatic carbocycles. The Kier molecular flexibility index (Phi) is 3.95. The molecular weight excluding hydrogens is 292 g/mol. The fourth-order valence-corrected chi connectivity index (χ4v) is 3.86. The van der Waals surface area contributed by atoms with Gasteiger partial charge in [0.1, 0.15) is 0 Å². The number of rotatable bonds is 4. The first-order valence-electron chi connectivity index (χ1n) is 7.09. The van der Waals surface area contributed by atoms with Crippen LogP contribution in [0.15, 0.2) is 11.6 Å². The van der Waals surface area contributed by atoms with Crippen molar-refractivity contribution in [1.29, 1.82) is 0 Å². The highest BCUT2D eigenvalue weighted by Crippen LogP contribution is 2.42. The number of fused-ring (bicyclic) bond motifs is 1. The highest BCUT2D eigenvalue weighted by Gasteiger charge is 2.54. The molecule has 1 N–H and O–H groups in total. The van der Waals surface area contributed by atoms with Gasteiger partial charge in [-0.25, -0.2) is 4.98 Å². The first-order chi connectivity index (χ1) is 10.1. The fraction of sp³-hybridized carbons (Fsp3) is 0.643. The molecule has 0 spiro atoms. The smallest absolute Gasteiger partial charge is 0.311 e. The second-order valence-corrected chi connectivity index (χ2v) is 6.66.